The van der Waals surface area contributed by atoms with Crippen LogP contribution in [0.15, 0.2) is 0 Å². The molecule has 0 radical (unpaired) electrons. The molecule has 2 atom stereocenters. The van der Waals surface area contributed by atoms with Gasteiger partial charge >= 0.3 is 0 Å². The lowest BCUT2D eigenvalue weighted by Gasteiger charge is -2.28. The van der Waals surface area contributed by atoms with Crippen LogP contribution in [0.3, 0.4) is 0 Å². The third-order valence-corrected chi connectivity index (χ3v) is 3.97. The van der Waals surface area contributed by atoms with Crippen molar-refractivity contribution in [3.05, 3.63) is 0 Å². The van der Waals surface area contributed by atoms with Gasteiger partial charge in [0.15, 0.2) is 0 Å². The van der Waals surface area contributed by atoms with Gasteiger partial charge in [0.05, 0.1) is 0 Å². The highest BCUT2D eigenvalue weighted by atomic mass is 16.5. The highest BCUT2D eigenvalue weighted by Gasteiger charge is 2.21. The zero-order valence-electron chi connectivity index (χ0n) is 12.7. The number of hydrogen-bond acceptors (Lipinski definition) is 3. The fraction of sp³-hybridized carbons (Fsp3) is 0.933. The number of ether oxygens (including phenoxy) is 1. The first-order valence-electron chi connectivity index (χ1n) is 7.59. The van der Waals surface area contributed by atoms with Crippen molar-refractivity contribution < 1.29 is 9.53 Å². The summed E-state index contributed by atoms with van der Waals surface area (Å²) >= 11 is 0. The van der Waals surface area contributed by atoms with Gasteiger partial charge in [-0.3, -0.25) is 4.79 Å². The Morgan fingerprint density at radius 1 is 1.32 bits per heavy atom. The maximum absolute atomic E-state index is 12.3. The van der Waals surface area contributed by atoms with E-state index in [1.54, 1.807) is 0 Å². The number of carbonyl (C=O) groups is 1. The summed E-state index contributed by atoms with van der Waals surface area (Å²) in [5, 5.41) is 0. The highest BCUT2D eigenvalue weighted by molar-refractivity contribution is 5.78. The van der Waals surface area contributed by atoms with Crippen LogP contribution in [-0.4, -0.2) is 43.7 Å². The van der Waals surface area contributed by atoms with Gasteiger partial charge in [-0.15, -0.1) is 0 Å². The molecule has 1 heterocycles. The zero-order valence-corrected chi connectivity index (χ0v) is 12.7. The van der Waals surface area contributed by atoms with Gasteiger partial charge in [0.1, 0.15) is 0 Å². The molecule has 4 heteroatoms. The van der Waals surface area contributed by atoms with Crippen molar-refractivity contribution in [3.63, 3.8) is 0 Å². The van der Waals surface area contributed by atoms with Gasteiger partial charge in [0, 0.05) is 38.8 Å². The maximum Gasteiger partial charge on any atom is 0.225 e. The molecule has 0 aliphatic carbocycles. The summed E-state index contributed by atoms with van der Waals surface area (Å²) in [6.07, 6.45) is 5.14. The average molecular weight is 270 g/mol. The Kier molecular flexibility index (Phi) is 7.39. The number of carbonyl (C=O) groups excluding carboxylic acids is 1. The van der Waals surface area contributed by atoms with Crippen LogP contribution < -0.4 is 5.73 Å². The molecule has 0 aromatic heterocycles. The van der Waals surface area contributed by atoms with Crippen LogP contribution >= 0.6 is 0 Å². The second-order valence-electron chi connectivity index (χ2n) is 6.08. The van der Waals surface area contributed by atoms with Crippen molar-refractivity contribution in [1.29, 1.82) is 0 Å². The van der Waals surface area contributed by atoms with E-state index in [2.05, 4.69) is 0 Å². The molecule has 1 saturated heterocycles. The lowest BCUT2D eigenvalue weighted by molar-refractivity contribution is -0.134. The molecule has 0 saturated carbocycles. The van der Waals surface area contributed by atoms with Crippen molar-refractivity contribution in [2.75, 3.05) is 26.8 Å². The minimum atomic E-state index is 0.114. The predicted octanol–water partition coefficient (Wildman–Crippen LogP) is 2.02. The van der Waals surface area contributed by atoms with Crippen molar-refractivity contribution in [2.24, 2.45) is 17.6 Å². The molecule has 2 unspecified atom stereocenters. The van der Waals surface area contributed by atoms with Gasteiger partial charge in [0.2, 0.25) is 5.91 Å². The number of amides is 1. The molecule has 1 aliphatic heterocycles. The minimum absolute atomic E-state index is 0.114. The van der Waals surface area contributed by atoms with Crippen molar-refractivity contribution in [1.82, 2.24) is 4.90 Å². The third kappa shape index (κ3) is 6.39. The van der Waals surface area contributed by atoms with Crippen LogP contribution in [0.25, 0.3) is 0 Å². The Hall–Kier alpha value is -0.610. The van der Waals surface area contributed by atoms with E-state index in [1.165, 1.54) is 0 Å². The normalized spacial score (nSPS) is 20.0. The summed E-state index contributed by atoms with van der Waals surface area (Å²) in [7, 11) is 1.93. The van der Waals surface area contributed by atoms with Crippen LogP contribution in [0.2, 0.25) is 0 Å². The van der Waals surface area contributed by atoms with E-state index in [4.69, 9.17) is 10.5 Å². The van der Waals surface area contributed by atoms with E-state index in [9.17, 15) is 4.79 Å². The maximum atomic E-state index is 12.3. The Morgan fingerprint density at radius 3 is 2.53 bits per heavy atom. The van der Waals surface area contributed by atoms with Gasteiger partial charge in [-0.25, -0.2) is 0 Å². The van der Waals surface area contributed by atoms with Gasteiger partial charge in [-0.2, -0.15) is 0 Å². The average Bonchev–Trinajstić information content (AvgIpc) is 2.38. The lowest BCUT2D eigenvalue weighted by atomic mass is 9.97. The van der Waals surface area contributed by atoms with E-state index < -0.39 is 0 Å². The molecule has 1 fully saturated rings. The molecule has 0 aromatic rings. The Morgan fingerprint density at radius 2 is 1.95 bits per heavy atom. The molecule has 2 N–H and O–H groups in total. The second-order valence-corrected chi connectivity index (χ2v) is 6.08. The highest BCUT2D eigenvalue weighted by Crippen LogP contribution is 2.18. The first kappa shape index (κ1) is 16.4. The molecular formula is C15H30N2O2. The number of nitrogens with two attached hydrogens (primary N) is 1. The topological polar surface area (TPSA) is 55.6 Å². The molecule has 0 aromatic carbocycles. The minimum Gasteiger partial charge on any atom is -0.381 e. The monoisotopic (exact) mass is 270 g/mol. The van der Waals surface area contributed by atoms with Gasteiger partial charge in [-0.05, 0) is 38.5 Å². The molecule has 0 bridgehead atoms. The van der Waals surface area contributed by atoms with E-state index in [1.807, 2.05) is 25.8 Å². The van der Waals surface area contributed by atoms with E-state index in [0.717, 1.165) is 51.9 Å². The molecule has 1 aliphatic rings. The van der Waals surface area contributed by atoms with Crippen LogP contribution in [0.4, 0.5) is 0 Å². The molecule has 0 spiro atoms. The first-order valence-corrected chi connectivity index (χ1v) is 7.59. The van der Waals surface area contributed by atoms with Crippen LogP contribution in [0.1, 0.15) is 46.0 Å². The van der Waals surface area contributed by atoms with Gasteiger partial charge in [0.25, 0.3) is 0 Å². The summed E-state index contributed by atoms with van der Waals surface area (Å²) < 4.78 is 5.35. The van der Waals surface area contributed by atoms with Crippen LogP contribution in [-0.2, 0) is 9.53 Å². The SMILES string of the molecule is CC(N)CCCC(C)C(=O)N(C)CC1CCOCC1. The first-order chi connectivity index (χ1) is 9.00. The number of hydrogen-bond donors (Lipinski definition) is 1. The third-order valence-electron chi connectivity index (χ3n) is 3.97. The summed E-state index contributed by atoms with van der Waals surface area (Å²) in [5.41, 5.74) is 5.73. The Bertz CT molecular complexity index is 263. The zero-order chi connectivity index (χ0) is 14.3. The second kappa shape index (κ2) is 8.54. The van der Waals surface area contributed by atoms with E-state index in [-0.39, 0.29) is 17.9 Å². The smallest absolute Gasteiger partial charge is 0.225 e. The Balaban J connectivity index is 2.25. The molecule has 1 amide bonds. The standard InChI is InChI=1S/C15H30N2O2/c1-12(5-4-6-13(2)16)15(18)17(3)11-14-7-9-19-10-8-14/h12-14H,4-11,16H2,1-3H3. The van der Waals surface area contributed by atoms with Crippen molar-refractivity contribution >= 4 is 5.91 Å². The van der Waals surface area contributed by atoms with Crippen molar-refractivity contribution in [2.45, 2.75) is 52.0 Å². The largest absolute Gasteiger partial charge is 0.381 e. The summed E-state index contributed by atoms with van der Waals surface area (Å²) in [6.45, 7) is 6.61. The molecule has 112 valence electrons. The molecular weight excluding hydrogens is 240 g/mol. The fourth-order valence-corrected chi connectivity index (χ4v) is 2.65. The van der Waals surface area contributed by atoms with Gasteiger partial charge in [-0.1, -0.05) is 13.3 Å². The predicted molar refractivity (Wildman–Crippen MR) is 77.8 cm³/mol. The Labute approximate surface area is 117 Å². The number of rotatable bonds is 7. The quantitative estimate of drug-likeness (QED) is 0.770. The lowest BCUT2D eigenvalue weighted by Crippen LogP contribution is -2.37. The molecule has 4 nitrogen and oxygen atoms in total. The molecule has 19 heavy (non-hydrogen) atoms. The summed E-state index contributed by atoms with van der Waals surface area (Å²) in [5.74, 6) is 0.999. The van der Waals surface area contributed by atoms with Crippen LogP contribution in [0.5, 0.6) is 0 Å². The number of nitrogens with zero attached hydrogens (tertiary/aromatic N) is 1. The van der Waals surface area contributed by atoms with E-state index >= 15 is 0 Å². The van der Waals surface area contributed by atoms with Gasteiger partial charge < -0.3 is 15.4 Å². The van der Waals surface area contributed by atoms with E-state index in [0.29, 0.717) is 5.92 Å². The van der Waals surface area contributed by atoms with Crippen molar-refractivity contribution in [3.8, 4) is 0 Å². The summed E-state index contributed by atoms with van der Waals surface area (Å²) in [4.78, 5) is 14.2. The summed E-state index contributed by atoms with van der Waals surface area (Å²) in [6, 6.07) is 0.238. The molecule has 1 rings (SSSR count). The van der Waals surface area contributed by atoms with Crippen LogP contribution in [0, 0.1) is 11.8 Å². The fourth-order valence-electron chi connectivity index (χ4n) is 2.65.